The Labute approximate surface area is 125 Å². The van der Waals surface area contributed by atoms with Gasteiger partial charge in [-0.1, -0.05) is 16.8 Å². The van der Waals surface area contributed by atoms with Gasteiger partial charge in [-0.3, -0.25) is 4.98 Å². The normalized spacial score (nSPS) is 10.5. The van der Waals surface area contributed by atoms with Crippen molar-refractivity contribution in [3.63, 3.8) is 0 Å². The van der Waals surface area contributed by atoms with E-state index in [0.29, 0.717) is 29.0 Å². The van der Waals surface area contributed by atoms with Crippen LogP contribution in [0.25, 0.3) is 11.5 Å². The molecule has 1 aromatic carbocycles. The fraction of sp³-hybridized carbons (Fsp3) is 0.0714. The van der Waals surface area contributed by atoms with E-state index in [9.17, 15) is 5.11 Å². The molecule has 2 heterocycles. The predicted molar refractivity (Wildman–Crippen MR) is 78.0 cm³/mol. The summed E-state index contributed by atoms with van der Waals surface area (Å²) in [4.78, 5) is 8.36. The Balaban J connectivity index is 1.71. The largest absolute Gasteiger partial charge is 0.508 e. The van der Waals surface area contributed by atoms with Crippen LogP contribution in [0.3, 0.4) is 0 Å². The first-order valence-corrected chi connectivity index (χ1v) is 6.56. The highest BCUT2D eigenvalue weighted by atomic mass is 35.5. The van der Waals surface area contributed by atoms with Crippen molar-refractivity contribution in [2.75, 3.05) is 5.32 Å². The second-order valence-corrected chi connectivity index (χ2v) is 4.65. The number of halogens is 1. The molecule has 21 heavy (non-hydrogen) atoms. The Bertz CT molecular complexity index is 743. The van der Waals surface area contributed by atoms with Crippen molar-refractivity contribution in [3.05, 3.63) is 53.5 Å². The number of hydrogen-bond acceptors (Lipinski definition) is 6. The molecule has 2 N–H and O–H groups in total. The van der Waals surface area contributed by atoms with Crippen LogP contribution in [0.4, 0.5) is 5.69 Å². The second kappa shape index (κ2) is 5.80. The van der Waals surface area contributed by atoms with E-state index in [1.165, 1.54) is 0 Å². The number of rotatable bonds is 4. The molecule has 106 valence electrons. The molecule has 0 spiro atoms. The highest BCUT2D eigenvalue weighted by Gasteiger charge is 2.12. The lowest BCUT2D eigenvalue weighted by atomic mass is 10.3. The molecule has 6 nitrogen and oxygen atoms in total. The number of aromatic hydroxyl groups is 1. The van der Waals surface area contributed by atoms with Gasteiger partial charge >= 0.3 is 0 Å². The Morgan fingerprint density at radius 1 is 1.19 bits per heavy atom. The maximum Gasteiger partial charge on any atom is 0.246 e. The van der Waals surface area contributed by atoms with E-state index >= 15 is 0 Å². The topological polar surface area (TPSA) is 84.1 Å². The van der Waals surface area contributed by atoms with Gasteiger partial charge in [0.15, 0.2) is 0 Å². The Hall–Kier alpha value is -2.60. The lowest BCUT2D eigenvalue weighted by Crippen LogP contribution is -1.99. The number of hydrogen-bond donors (Lipinski definition) is 2. The van der Waals surface area contributed by atoms with Crippen molar-refractivity contribution in [2.24, 2.45) is 0 Å². The van der Waals surface area contributed by atoms with E-state index in [2.05, 4.69) is 20.4 Å². The quantitative estimate of drug-likeness (QED) is 0.720. The molecule has 0 amide bonds. The second-order valence-electron chi connectivity index (χ2n) is 4.25. The van der Waals surface area contributed by atoms with Crippen LogP contribution in [-0.4, -0.2) is 20.2 Å². The minimum Gasteiger partial charge on any atom is -0.508 e. The van der Waals surface area contributed by atoms with E-state index < -0.39 is 0 Å². The van der Waals surface area contributed by atoms with E-state index in [-0.39, 0.29) is 5.75 Å². The summed E-state index contributed by atoms with van der Waals surface area (Å²) < 4.78 is 5.15. The first-order valence-electron chi connectivity index (χ1n) is 6.19. The number of aromatic nitrogens is 3. The van der Waals surface area contributed by atoms with Crippen molar-refractivity contribution in [1.82, 2.24) is 15.1 Å². The van der Waals surface area contributed by atoms with Crippen molar-refractivity contribution >= 4 is 17.3 Å². The zero-order valence-corrected chi connectivity index (χ0v) is 11.6. The summed E-state index contributed by atoms with van der Waals surface area (Å²) in [5, 5.41) is 16.6. The van der Waals surface area contributed by atoms with Gasteiger partial charge in [0.1, 0.15) is 11.4 Å². The summed E-state index contributed by atoms with van der Waals surface area (Å²) in [5.41, 5.74) is 1.32. The van der Waals surface area contributed by atoms with Crippen LogP contribution in [0, 0.1) is 0 Å². The Morgan fingerprint density at radius 2 is 2.00 bits per heavy atom. The van der Waals surface area contributed by atoms with E-state index in [4.69, 9.17) is 16.1 Å². The number of phenols is 1. The summed E-state index contributed by atoms with van der Waals surface area (Å²) >= 11 is 6.03. The lowest BCUT2D eigenvalue weighted by Gasteiger charge is -2.02. The lowest BCUT2D eigenvalue weighted by molar-refractivity contribution is 0.384. The van der Waals surface area contributed by atoms with Crippen LogP contribution in [0.5, 0.6) is 5.75 Å². The van der Waals surface area contributed by atoms with Gasteiger partial charge in [0, 0.05) is 11.9 Å². The molecular weight excluding hydrogens is 292 g/mol. The van der Waals surface area contributed by atoms with Crippen molar-refractivity contribution in [3.8, 4) is 17.3 Å². The molecular formula is C14H11ClN4O2. The van der Waals surface area contributed by atoms with Gasteiger partial charge in [-0.15, -0.1) is 0 Å². The van der Waals surface area contributed by atoms with Gasteiger partial charge in [0.2, 0.25) is 11.7 Å². The van der Waals surface area contributed by atoms with Crippen molar-refractivity contribution < 1.29 is 9.63 Å². The molecule has 0 atom stereocenters. The van der Waals surface area contributed by atoms with Crippen LogP contribution in [-0.2, 0) is 6.54 Å². The molecule has 0 aliphatic carbocycles. The standard InChI is InChI=1S/C14H11ClN4O2/c15-11-2-1-7-16-13(11)14-18-12(21-19-14)8-17-9-3-5-10(20)6-4-9/h1-7,17,20H,8H2. The zero-order chi connectivity index (χ0) is 14.7. The number of nitrogens with zero attached hydrogens (tertiary/aromatic N) is 3. The third kappa shape index (κ3) is 3.11. The third-order valence-electron chi connectivity index (χ3n) is 2.75. The van der Waals surface area contributed by atoms with Gasteiger partial charge < -0.3 is 14.9 Å². The minimum atomic E-state index is 0.213. The average molecular weight is 303 g/mol. The molecule has 0 bridgehead atoms. The molecule has 0 aliphatic heterocycles. The Morgan fingerprint density at radius 3 is 2.76 bits per heavy atom. The van der Waals surface area contributed by atoms with Crippen LogP contribution in [0.1, 0.15) is 5.89 Å². The Kier molecular flexibility index (Phi) is 3.70. The third-order valence-corrected chi connectivity index (χ3v) is 3.05. The van der Waals surface area contributed by atoms with Gasteiger partial charge in [0.25, 0.3) is 0 Å². The summed E-state index contributed by atoms with van der Waals surface area (Å²) in [7, 11) is 0. The molecule has 2 aromatic heterocycles. The van der Waals surface area contributed by atoms with Crippen LogP contribution >= 0.6 is 11.6 Å². The zero-order valence-electron chi connectivity index (χ0n) is 10.8. The molecule has 0 saturated heterocycles. The molecule has 0 radical (unpaired) electrons. The molecule has 0 unspecified atom stereocenters. The van der Waals surface area contributed by atoms with Crippen LogP contribution < -0.4 is 5.32 Å². The van der Waals surface area contributed by atoms with Gasteiger partial charge in [0.05, 0.1) is 11.6 Å². The minimum absolute atomic E-state index is 0.213. The summed E-state index contributed by atoms with van der Waals surface area (Å²) in [5.74, 6) is 0.980. The predicted octanol–water partition coefficient (Wildman–Crippen LogP) is 3.10. The molecule has 3 rings (SSSR count). The van der Waals surface area contributed by atoms with E-state index in [0.717, 1.165) is 5.69 Å². The fourth-order valence-electron chi connectivity index (χ4n) is 1.73. The summed E-state index contributed by atoms with van der Waals surface area (Å²) in [6.07, 6.45) is 1.62. The fourth-order valence-corrected chi connectivity index (χ4v) is 1.94. The van der Waals surface area contributed by atoms with Gasteiger partial charge in [-0.25, -0.2) is 0 Å². The molecule has 0 fully saturated rings. The van der Waals surface area contributed by atoms with Crippen molar-refractivity contribution in [2.45, 2.75) is 6.54 Å². The SMILES string of the molecule is Oc1ccc(NCc2nc(-c3ncccc3Cl)no2)cc1. The number of nitrogens with one attached hydrogen (secondary N) is 1. The number of benzene rings is 1. The average Bonchev–Trinajstić information content (AvgIpc) is 2.96. The first kappa shape index (κ1) is 13.4. The molecule has 0 saturated carbocycles. The van der Waals surface area contributed by atoms with Crippen LogP contribution in [0.15, 0.2) is 47.1 Å². The molecule has 3 aromatic rings. The summed E-state index contributed by atoms with van der Waals surface area (Å²) in [6.45, 7) is 0.363. The van der Waals surface area contributed by atoms with Gasteiger partial charge in [-0.2, -0.15) is 4.98 Å². The van der Waals surface area contributed by atoms with Crippen LogP contribution in [0.2, 0.25) is 5.02 Å². The van der Waals surface area contributed by atoms with Crippen molar-refractivity contribution in [1.29, 1.82) is 0 Å². The smallest absolute Gasteiger partial charge is 0.246 e. The van der Waals surface area contributed by atoms with E-state index in [1.807, 2.05) is 0 Å². The monoisotopic (exact) mass is 302 g/mol. The highest BCUT2D eigenvalue weighted by molar-refractivity contribution is 6.32. The number of anilines is 1. The highest BCUT2D eigenvalue weighted by Crippen LogP contribution is 2.22. The summed E-state index contributed by atoms with van der Waals surface area (Å²) in [6, 6.07) is 10.1. The maximum atomic E-state index is 9.21. The number of pyridine rings is 1. The number of phenolic OH excluding ortho intramolecular Hbond substituents is 1. The first-order chi connectivity index (χ1) is 10.2. The van der Waals surface area contributed by atoms with E-state index in [1.54, 1.807) is 42.6 Å². The van der Waals surface area contributed by atoms with Gasteiger partial charge in [-0.05, 0) is 36.4 Å². The maximum absolute atomic E-state index is 9.21. The molecule has 7 heteroatoms. The molecule has 0 aliphatic rings.